The van der Waals surface area contributed by atoms with E-state index in [4.69, 9.17) is 15.5 Å². The van der Waals surface area contributed by atoms with Crippen LogP contribution in [0.25, 0.3) is 22.3 Å². The molecule has 3 aromatic rings. The third-order valence-electron chi connectivity index (χ3n) is 8.15. The van der Waals surface area contributed by atoms with Crippen molar-refractivity contribution in [3.8, 4) is 11.4 Å². The second kappa shape index (κ2) is 7.43. The van der Waals surface area contributed by atoms with E-state index in [0.29, 0.717) is 35.3 Å². The van der Waals surface area contributed by atoms with E-state index in [2.05, 4.69) is 0 Å². The molecule has 9 heteroatoms. The van der Waals surface area contributed by atoms with Gasteiger partial charge in [-0.2, -0.15) is 0 Å². The molecule has 2 aromatic heterocycles. The summed E-state index contributed by atoms with van der Waals surface area (Å²) >= 11 is 0. The highest BCUT2D eigenvalue weighted by Gasteiger charge is 2.46. The van der Waals surface area contributed by atoms with Crippen molar-refractivity contribution in [1.82, 2.24) is 9.55 Å². The first kappa shape index (κ1) is 22.3. The van der Waals surface area contributed by atoms with Gasteiger partial charge in [-0.15, -0.1) is 0 Å². The summed E-state index contributed by atoms with van der Waals surface area (Å²) in [6.45, 7) is 3.23. The molecule has 0 saturated carbocycles. The number of carbonyl (C=O) groups excluding carboxylic acids is 1. The predicted octanol–water partition coefficient (Wildman–Crippen LogP) is 1.88. The van der Waals surface area contributed by atoms with Crippen molar-refractivity contribution in [3.63, 3.8) is 0 Å². The fourth-order valence-electron chi connectivity index (χ4n) is 6.15. The van der Waals surface area contributed by atoms with Gasteiger partial charge in [0.1, 0.15) is 12.4 Å². The van der Waals surface area contributed by atoms with Crippen molar-refractivity contribution in [3.05, 3.63) is 61.7 Å². The molecule has 8 nitrogen and oxygen atoms in total. The summed E-state index contributed by atoms with van der Waals surface area (Å²) in [5, 5.41) is 21.8. The maximum atomic E-state index is 14.9. The van der Waals surface area contributed by atoms with E-state index in [0.717, 1.165) is 22.1 Å². The molecule has 0 unspecified atom stereocenters. The van der Waals surface area contributed by atoms with Crippen LogP contribution in [0.2, 0.25) is 0 Å². The van der Waals surface area contributed by atoms with Gasteiger partial charge in [-0.3, -0.25) is 4.79 Å². The number of rotatable bonds is 3. The Labute approximate surface area is 200 Å². The molecule has 0 spiro atoms. The van der Waals surface area contributed by atoms with Crippen LogP contribution < -0.4 is 11.3 Å². The van der Waals surface area contributed by atoms with E-state index < -0.39 is 17.6 Å². The summed E-state index contributed by atoms with van der Waals surface area (Å²) in [4.78, 5) is 30.8. The molecule has 4 heterocycles. The number of cyclic esters (lactones) is 1. The quantitative estimate of drug-likeness (QED) is 0.383. The summed E-state index contributed by atoms with van der Waals surface area (Å²) in [6, 6.07) is 2.53. The van der Waals surface area contributed by atoms with Gasteiger partial charge in [0.05, 0.1) is 35.6 Å². The first-order valence-corrected chi connectivity index (χ1v) is 11.9. The topological polar surface area (TPSA) is 128 Å². The standard InChI is InChI=1S/C26H26FN3O5/c1-3-26(34)16-6-20-23-14(8-30(20)24(32)15(16)10-35-25(26)33)21-13(18(28)9-31)5-4-12-11(2)17(27)7-19(29-23)22(12)21/h6-7,13,18,31,34H,3-5,8-10,28H2,1-2H3/t13-,18+,26+/m1/s1. The van der Waals surface area contributed by atoms with Gasteiger partial charge < -0.3 is 25.3 Å². The van der Waals surface area contributed by atoms with Crippen LogP contribution in [-0.2, 0) is 34.7 Å². The third kappa shape index (κ3) is 2.80. The smallest absolute Gasteiger partial charge is 0.343 e. The number of esters is 1. The minimum atomic E-state index is -1.92. The minimum Gasteiger partial charge on any atom is -0.458 e. The van der Waals surface area contributed by atoms with Gasteiger partial charge in [0, 0.05) is 34.5 Å². The van der Waals surface area contributed by atoms with Crippen LogP contribution >= 0.6 is 0 Å². The SMILES string of the molecule is CC[C@@]1(O)C(=O)OCc2c1cc1n(c2=O)Cc2c-1nc1cc(F)c(C)c3c1c2[C@@H]([C@@H](N)CO)CC3. The lowest BCUT2D eigenvalue weighted by Gasteiger charge is -2.32. The molecule has 4 N–H and O–H groups in total. The number of fused-ring (bicyclic) bond motifs is 5. The molecule has 1 aromatic carbocycles. The van der Waals surface area contributed by atoms with Crippen LogP contribution in [0.15, 0.2) is 16.9 Å². The van der Waals surface area contributed by atoms with E-state index in [1.54, 1.807) is 24.5 Å². The molecule has 35 heavy (non-hydrogen) atoms. The van der Waals surface area contributed by atoms with Crippen molar-refractivity contribution in [1.29, 1.82) is 0 Å². The molecule has 1 aliphatic carbocycles. The summed E-state index contributed by atoms with van der Waals surface area (Å²) < 4.78 is 21.6. The molecule has 0 radical (unpaired) electrons. The van der Waals surface area contributed by atoms with Crippen molar-refractivity contribution in [2.75, 3.05) is 6.61 Å². The lowest BCUT2D eigenvalue weighted by Crippen LogP contribution is -2.44. The second-order valence-corrected chi connectivity index (χ2v) is 9.80. The number of halogens is 1. The molecule has 6 rings (SSSR count). The van der Waals surface area contributed by atoms with Gasteiger partial charge in [-0.05, 0) is 48.9 Å². The van der Waals surface area contributed by atoms with E-state index in [9.17, 15) is 24.2 Å². The van der Waals surface area contributed by atoms with Crippen molar-refractivity contribution in [2.24, 2.45) is 5.73 Å². The van der Waals surface area contributed by atoms with Gasteiger partial charge in [0.25, 0.3) is 5.56 Å². The molecule has 0 bridgehead atoms. The summed E-state index contributed by atoms with van der Waals surface area (Å²) in [7, 11) is 0. The van der Waals surface area contributed by atoms with Crippen molar-refractivity contribution >= 4 is 16.9 Å². The average molecular weight is 480 g/mol. The fraction of sp³-hybridized carbons (Fsp3) is 0.423. The second-order valence-electron chi connectivity index (χ2n) is 9.80. The Morgan fingerprint density at radius 1 is 1.31 bits per heavy atom. The van der Waals surface area contributed by atoms with Gasteiger partial charge in [0.2, 0.25) is 0 Å². The van der Waals surface area contributed by atoms with Gasteiger partial charge in [0.15, 0.2) is 5.60 Å². The molecule has 0 saturated heterocycles. The van der Waals surface area contributed by atoms with Gasteiger partial charge in [-0.25, -0.2) is 14.2 Å². The van der Waals surface area contributed by atoms with E-state index in [-0.39, 0.29) is 54.6 Å². The lowest BCUT2D eigenvalue weighted by molar-refractivity contribution is -0.172. The number of nitrogens with zero attached hydrogens (tertiary/aromatic N) is 2. The number of ether oxygens (including phenoxy) is 1. The minimum absolute atomic E-state index is 0.0479. The number of carbonyl (C=O) groups is 1. The number of hydrogen-bond acceptors (Lipinski definition) is 7. The van der Waals surface area contributed by atoms with Crippen LogP contribution in [0.5, 0.6) is 0 Å². The molecule has 3 aliphatic rings. The normalized spacial score (nSPS) is 23.0. The summed E-state index contributed by atoms with van der Waals surface area (Å²) in [6.07, 6.45) is 1.31. The Kier molecular flexibility index (Phi) is 4.74. The Bertz CT molecular complexity index is 1510. The van der Waals surface area contributed by atoms with Crippen molar-refractivity contribution < 1.29 is 24.1 Å². The molecular formula is C26H26FN3O5. The third-order valence-corrected chi connectivity index (χ3v) is 8.15. The first-order valence-electron chi connectivity index (χ1n) is 11.9. The largest absolute Gasteiger partial charge is 0.458 e. The summed E-state index contributed by atoms with van der Waals surface area (Å²) in [5.74, 6) is -1.32. The molecule has 0 amide bonds. The Morgan fingerprint density at radius 2 is 2.09 bits per heavy atom. The van der Waals surface area contributed by atoms with Crippen LogP contribution in [0.3, 0.4) is 0 Å². The highest BCUT2D eigenvalue weighted by molar-refractivity contribution is 5.93. The maximum absolute atomic E-state index is 14.9. The predicted molar refractivity (Wildman–Crippen MR) is 125 cm³/mol. The zero-order valence-corrected chi connectivity index (χ0v) is 19.5. The van der Waals surface area contributed by atoms with E-state index >= 15 is 0 Å². The van der Waals surface area contributed by atoms with Gasteiger partial charge >= 0.3 is 5.97 Å². The maximum Gasteiger partial charge on any atom is 0.343 e. The first-order chi connectivity index (χ1) is 16.7. The zero-order valence-electron chi connectivity index (χ0n) is 19.5. The Hall–Kier alpha value is -3.14. The van der Waals surface area contributed by atoms with E-state index in [1.165, 1.54) is 6.07 Å². The average Bonchev–Trinajstić information content (AvgIpc) is 3.23. The zero-order chi connectivity index (χ0) is 24.8. The van der Waals surface area contributed by atoms with Crippen LogP contribution in [0.4, 0.5) is 4.39 Å². The molecule has 182 valence electrons. The number of pyridine rings is 2. The lowest BCUT2D eigenvalue weighted by atomic mass is 9.75. The number of aromatic nitrogens is 2. The number of aliphatic hydroxyl groups excluding tert-OH is 1. The van der Waals surface area contributed by atoms with Crippen LogP contribution in [0.1, 0.15) is 59.1 Å². The van der Waals surface area contributed by atoms with Crippen molar-refractivity contribution in [2.45, 2.75) is 63.8 Å². The monoisotopic (exact) mass is 479 g/mol. The Morgan fingerprint density at radius 3 is 2.80 bits per heavy atom. The summed E-state index contributed by atoms with van der Waals surface area (Å²) in [5.41, 5.74) is 9.15. The highest BCUT2D eigenvalue weighted by atomic mass is 19.1. The fourth-order valence-corrected chi connectivity index (χ4v) is 6.15. The molecule has 3 atom stereocenters. The van der Waals surface area contributed by atoms with E-state index in [1.807, 2.05) is 0 Å². The number of hydrogen-bond donors (Lipinski definition) is 3. The highest BCUT2D eigenvalue weighted by Crippen LogP contribution is 2.47. The van der Waals surface area contributed by atoms with Crippen LogP contribution in [-0.4, -0.2) is 38.4 Å². The molecule has 0 fully saturated rings. The number of benzene rings is 1. The molecule has 2 aliphatic heterocycles. The molecular weight excluding hydrogens is 453 g/mol. The Balaban J connectivity index is 1.69. The van der Waals surface area contributed by atoms with Crippen LogP contribution in [0, 0.1) is 12.7 Å². The number of aryl methyl sites for hydroxylation is 1. The number of nitrogens with two attached hydrogens (primary N) is 1. The number of aliphatic hydroxyl groups is 2. The van der Waals surface area contributed by atoms with Gasteiger partial charge in [-0.1, -0.05) is 6.92 Å².